The van der Waals surface area contributed by atoms with Gasteiger partial charge in [-0.3, -0.25) is 4.79 Å². The SMILES string of the molecule is CCC1OCCC1C(=O)Nc1cc(N)ccc1OC. The zero-order valence-electron chi connectivity index (χ0n) is 11.3. The average molecular weight is 264 g/mol. The summed E-state index contributed by atoms with van der Waals surface area (Å²) in [6.45, 7) is 2.67. The van der Waals surface area contributed by atoms with E-state index in [-0.39, 0.29) is 17.9 Å². The van der Waals surface area contributed by atoms with Crippen molar-refractivity contribution in [2.24, 2.45) is 5.92 Å². The van der Waals surface area contributed by atoms with Crippen LogP contribution in [-0.4, -0.2) is 25.7 Å². The van der Waals surface area contributed by atoms with Gasteiger partial charge in [0.2, 0.25) is 5.91 Å². The van der Waals surface area contributed by atoms with E-state index in [0.717, 1.165) is 12.8 Å². The maximum absolute atomic E-state index is 12.3. The van der Waals surface area contributed by atoms with Crippen molar-refractivity contribution in [1.29, 1.82) is 0 Å². The van der Waals surface area contributed by atoms with Crippen LogP contribution in [0.1, 0.15) is 19.8 Å². The van der Waals surface area contributed by atoms with Crippen molar-refractivity contribution in [2.45, 2.75) is 25.9 Å². The van der Waals surface area contributed by atoms with Gasteiger partial charge >= 0.3 is 0 Å². The minimum atomic E-state index is -0.101. The summed E-state index contributed by atoms with van der Waals surface area (Å²) in [6.07, 6.45) is 1.60. The van der Waals surface area contributed by atoms with Crippen molar-refractivity contribution in [3.05, 3.63) is 18.2 Å². The molecular formula is C14H20N2O3. The van der Waals surface area contributed by atoms with E-state index in [1.807, 2.05) is 6.92 Å². The Morgan fingerprint density at radius 3 is 3.05 bits per heavy atom. The summed E-state index contributed by atoms with van der Waals surface area (Å²) in [5, 5.41) is 2.88. The largest absolute Gasteiger partial charge is 0.495 e. The van der Waals surface area contributed by atoms with E-state index < -0.39 is 0 Å². The first kappa shape index (κ1) is 13.7. The molecule has 0 saturated carbocycles. The Hall–Kier alpha value is -1.75. The molecule has 0 bridgehead atoms. The molecule has 2 unspecified atom stereocenters. The van der Waals surface area contributed by atoms with Gasteiger partial charge in [0.15, 0.2) is 0 Å². The smallest absolute Gasteiger partial charge is 0.230 e. The minimum absolute atomic E-state index is 0.00653. The molecule has 0 spiro atoms. The molecule has 1 aliphatic rings. The van der Waals surface area contributed by atoms with Crippen LogP contribution < -0.4 is 15.8 Å². The predicted molar refractivity (Wildman–Crippen MR) is 74.2 cm³/mol. The maximum atomic E-state index is 12.3. The quantitative estimate of drug-likeness (QED) is 0.816. The Kier molecular flexibility index (Phi) is 4.27. The summed E-state index contributed by atoms with van der Waals surface area (Å²) in [4.78, 5) is 12.3. The van der Waals surface area contributed by atoms with Gasteiger partial charge in [0.25, 0.3) is 0 Å². The number of nitrogens with one attached hydrogen (secondary N) is 1. The maximum Gasteiger partial charge on any atom is 0.230 e. The van der Waals surface area contributed by atoms with Crippen molar-refractivity contribution >= 4 is 17.3 Å². The highest BCUT2D eigenvalue weighted by Crippen LogP contribution is 2.29. The summed E-state index contributed by atoms with van der Waals surface area (Å²) in [6, 6.07) is 5.18. The number of hydrogen-bond donors (Lipinski definition) is 2. The van der Waals surface area contributed by atoms with Crippen LogP contribution in [0.15, 0.2) is 18.2 Å². The first-order chi connectivity index (χ1) is 9.15. The molecule has 2 atom stereocenters. The standard InChI is InChI=1S/C14H20N2O3/c1-3-12-10(6-7-19-12)14(17)16-11-8-9(15)4-5-13(11)18-2/h4-5,8,10,12H,3,6-7,15H2,1-2H3,(H,16,17). The lowest BCUT2D eigenvalue weighted by Gasteiger charge is -2.17. The van der Waals surface area contributed by atoms with E-state index in [1.54, 1.807) is 25.3 Å². The van der Waals surface area contributed by atoms with Crippen LogP contribution in [-0.2, 0) is 9.53 Å². The molecule has 0 aromatic heterocycles. The zero-order chi connectivity index (χ0) is 13.8. The highest BCUT2D eigenvalue weighted by molar-refractivity contribution is 5.95. The molecule has 3 N–H and O–H groups in total. The number of nitrogens with two attached hydrogens (primary N) is 1. The second-order valence-corrected chi connectivity index (χ2v) is 4.66. The molecule has 19 heavy (non-hydrogen) atoms. The van der Waals surface area contributed by atoms with E-state index in [1.165, 1.54) is 0 Å². The first-order valence-corrected chi connectivity index (χ1v) is 6.51. The normalized spacial score (nSPS) is 22.2. The summed E-state index contributed by atoms with van der Waals surface area (Å²) >= 11 is 0. The van der Waals surface area contributed by atoms with Gasteiger partial charge in [-0.05, 0) is 31.0 Å². The predicted octanol–water partition coefficient (Wildman–Crippen LogP) is 2.03. The molecule has 0 aliphatic carbocycles. The van der Waals surface area contributed by atoms with Gasteiger partial charge in [-0.25, -0.2) is 0 Å². The Morgan fingerprint density at radius 1 is 1.58 bits per heavy atom. The number of carbonyl (C=O) groups excluding carboxylic acids is 1. The summed E-state index contributed by atoms with van der Waals surface area (Å²) in [7, 11) is 1.56. The number of rotatable bonds is 4. The van der Waals surface area contributed by atoms with E-state index in [2.05, 4.69) is 5.32 Å². The molecule has 0 radical (unpaired) electrons. The number of benzene rings is 1. The van der Waals surface area contributed by atoms with Gasteiger partial charge in [0, 0.05) is 12.3 Å². The van der Waals surface area contributed by atoms with Crippen LogP contribution in [0.4, 0.5) is 11.4 Å². The Balaban J connectivity index is 2.12. The lowest BCUT2D eigenvalue weighted by molar-refractivity contribution is -0.121. The number of carbonyl (C=O) groups is 1. The molecule has 5 nitrogen and oxygen atoms in total. The third-order valence-corrected chi connectivity index (χ3v) is 3.43. The fraction of sp³-hybridized carbons (Fsp3) is 0.500. The lowest BCUT2D eigenvalue weighted by atomic mass is 9.98. The van der Waals surface area contributed by atoms with E-state index in [0.29, 0.717) is 23.7 Å². The van der Waals surface area contributed by atoms with Crippen LogP contribution >= 0.6 is 0 Å². The van der Waals surface area contributed by atoms with Gasteiger partial charge in [-0.2, -0.15) is 0 Å². The van der Waals surface area contributed by atoms with Gasteiger partial charge in [-0.15, -0.1) is 0 Å². The second-order valence-electron chi connectivity index (χ2n) is 4.66. The fourth-order valence-corrected chi connectivity index (χ4v) is 2.40. The average Bonchev–Trinajstić information content (AvgIpc) is 2.87. The second kappa shape index (κ2) is 5.93. The topological polar surface area (TPSA) is 73.6 Å². The molecule has 1 aliphatic heterocycles. The number of amides is 1. The fourth-order valence-electron chi connectivity index (χ4n) is 2.40. The monoisotopic (exact) mass is 264 g/mol. The van der Waals surface area contributed by atoms with Crippen molar-refractivity contribution in [3.63, 3.8) is 0 Å². The molecule has 2 rings (SSSR count). The summed E-state index contributed by atoms with van der Waals surface area (Å²) in [5.41, 5.74) is 6.93. The summed E-state index contributed by atoms with van der Waals surface area (Å²) in [5.74, 6) is 0.471. The van der Waals surface area contributed by atoms with Gasteiger partial charge in [0.1, 0.15) is 5.75 Å². The molecule has 104 valence electrons. The number of ether oxygens (including phenoxy) is 2. The van der Waals surface area contributed by atoms with Crippen LogP contribution in [0.2, 0.25) is 0 Å². The molecule has 5 heteroatoms. The Bertz CT molecular complexity index is 462. The number of nitrogen functional groups attached to an aromatic ring is 1. The molecule has 1 aromatic carbocycles. The minimum Gasteiger partial charge on any atom is -0.495 e. The Morgan fingerprint density at radius 2 is 2.37 bits per heavy atom. The van der Waals surface area contributed by atoms with Gasteiger partial charge in [0.05, 0.1) is 24.8 Å². The molecule has 1 amide bonds. The molecular weight excluding hydrogens is 244 g/mol. The lowest BCUT2D eigenvalue weighted by Crippen LogP contribution is -2.29. The molecule has 1 aromatic rings. The van der Waals surface area contributed by atoms with E-state index in [4.69, 9.17) is 15.2 Å². The van der Waals surface area contributed by atoms with Crippen LogP contribution in [0.5, 0.6) is 5.75 Å². The van der Waals surface area contributed by atoms with Crippen molar-refractivity contribution in [2.75, 3.05) is 24.8 Å². The van der Waals surface area contributed by atoms with Gasteiger partial charge < -0.3 is 20.5 Å². The van der Waals surface area contributed by atoms with Gasteiger partial charge in [-0.1, -0.05) is 6.92 Å². The van der Waals surface area contributed by atoms with E-state index >= 15 is 0 Å². The first-order valence-electron chi connectivity index (χ1n) is 6.51. The summed E-state index contributed by atoms with van der Waals surface area (Å²) < 4.78 is 10.8. The number of anilines is 2. The van der Waals surface area contributed by atoms with Crippen LogP contribution in [0.25, 0.3) is 0 Å². The molecule has 1 saturated heterocycles. The van der Waals surface area contributed by atoms with Crippen LogP contribution in [0, 0.1) is 5.92 Å². The van der Waals surface area contributed by atoms with E-state index in [9.17, 15) is 4.79 Å². The van der Waals surface area contributed by atoms with Crippen molar-refractivity contribution < 1.29 is 14.3 Å². The number of hydrogen-bond acceptors (Lipinski definition) is 4. The van der Waals surface area contributed by atoms with Crippen molar-refractivity contribution in [3.8, 4) is 5.75 Å². The number of methoxy groups -OCH3 is 1. The zero-order valence-corrected chi connectivity index (χ0v) is 11.3. The third-order valence-electron chi connectivity index (χ3n) is 3.43. The molecule has 1 heterocycles. The molecule has 1 fully saturated rings. The third kappa shape index (κ3) is 2.98. The highest BCUT2D eigenvalue weighted by atomic mass is 16.5. The van der Waals surface area contributed by atoms with Crippen molar-refractivity contribution in [1.82, 2.24) is 0 Å². The van der Waals surface area contributed by atoms with Crippen LogP contribution in [0.3, 0.4) is 0 Å². The Labute approximate surface area is 113 Å². The highest BCUT2D eigenvalue weighted by Gasteiger charge is 2.33.